The topological polar surface area (TPSA) is 88.8 Å². The lowest BCUT2D eigenvalue weighted by molar-refractivity contribution is -0.113. The zero-order valence-electron chi connectivity index (χ0n) is 21.1. The van der Waals surface area contributed by atoms with Crippen LogP contribution in [0.4, 0.5) is 0 Å². The number of morpholine rings is 1. The average Bonchev–Trinajstić information content (AvgIpc) is 3.11. The van der Waals surface area contributed by atoms with Crippen molar-refractivity contribution in [2.24, 2.45) is 17.5 Å². The van der Waals surface area contributed by atoms with E-state index in [0.717, 1.165) is 82.9 Å². The van der Waals surface area contributed by atoms with Crippen LogP contribution >= 0.6 is 24.0 Å². The Balaban J connectivity index is 0.00000385. The van der Waals surface area contributed by atoms with Gasteiger partial charge < -0.3 is 24.7 Å². The van der Waals surface area contributed by atoms with Crippen LogP contribution in [0.2, 0.25) is 0 Å². The van der Waals surface area contributed by atoms with Gasteiger partial charge >= 0.3 is 0 Å². The second-order valence-corrected chi connectivity index (χ2v) is 9.59. The molecule has 2 unspecified atom stereocenters. The summed E-state index contributed by atoms with van der Waals surface area (Å²) in [6.07, 6.45) is 4.67. The number of hydrogen-bond acceptors (Lipinski definition) is 6. The van der Waals surface area contributed by atoms with Crippen molar-refractivity contribution in [2.75, 3.05) is 46.0 Å². The molecule has 0 spiro atoms. The largest absolute Gasteiger partial charge is 0.379 e. The first-order valence-electron chi connectivity index (χ1n) is 12.2. The standard InChI is InChI=1S/C23H43N7O2.HI/c1-6-7-13-32-20-16-19(23(20,3)4)26-22(25-17-21-28-27-18(2)29(21)5)24-9-8-10-30-11-14-31-15-12-30;/h19-20H,6-17H2,1-5H3,(H2,24,25,26);1H. The SMILES string of the molecule is CCCCOC1CC(NC(=NCc2nnc(C)n2C)NCCCN2CCOCC2)C1(C)C.I. The molecule has 1 aliphatic heterocycles. The maximum atomic E-state index is 6.12. The number of hydrogen-bond donors (Lipinski definition) is 2. The highest BCUT2D eigenvalue weighted by molar-refractivity contribution is 14.0. The third kappa shape index (κ3) is 8.03. The van der Waals surface area contributed by atoms with Crippen molar-refractivity contribution in [1.29, 1.82) is 0 Å². The molecule has 3 rings (SSSR count). The van der Waals surface area contributed by atoms with Crippen LogP contribution in [0.1, 0.15) is 58.1 Å². The maximum absolute atomic E-state index is 6.12. The number of halogens is 1. The van der Waals surface area contributed by atoms with E-state index < -0.39 is 0 Å². The Morgan fingerprint density at radius 2 is 2.00 bits per heavy atom. The molecular formula is C23H44IN7O2. The van der Waals surface area contributed by atoms with Crippen LogP contribution in [0.3, 0.4) is 0 Å². The van der Waals surface area contributed by atoms with Crippen molar-refractivity contribution in [3.05, 3.63) is 11.6 Å². The molecule has 33 heavy (non-hydrogen) atoms. The molecule has 1 aliphatic carbocycles. The van der Waals surface area contributed by atoms with E-state index in [2.05, 4.69) is 46.5 Å². The minimum Gasteiger partial charge on any atom is -0.379 e. The van der Waals surface area contributed by atoms with Crippen molar-refractivity contribution in [3.63, 3.8) is 0 Å². The monoisotopic (exact) mass is 577 g/mol. The third-order valence-corrected chi connectivity index (χ3v) is 6.91. The van der Waals surface area contributed by atoms with Crippen LogP contribution in [0, 0.1) is 12.3 Å². The van der Waals surface area contributed by atoms with Crippen LogP contribution in [-0.2, 0) is 23.1 Å². The van der Waals surface area contributed by atoms with Crippen LogP contribution in [0.15, 0.2) is 4.99 Å². The van der Waals surface area contributed by atoms with Crippen molar-refractivity contribution in [2.45, 2.75) is 72.1 Å². The Hall–Kier alpha value is -0.980. The molecule has 190 valence electrons. The molecule has 2 N–H and O–H groups in total. The first-order valence-corrected chi connectivity index (χ1v) is 12.2. The summed E-state index contributed by atoms with van der Waals surface area (Å²) < 4.78 is 13.6. The Morgan fingerprint density at radius 3 is 2.64 bits per heavy atom. The molecule has 1 aromatic rings. The lowest BCUT2D eigenvalue weighted by Crippen LogP contribution is -2.63. The van der Waals surface area contributed by atoms with Crippen molar-refractivity contribution in [1.82, 2.24) is 30.3 Å². The van der Waals surface area contributed by atoms with Crippen molar-refractivity contribution >= 4 is 29.9 Å². The predicted molar refractivity (Wildman–Crippen MR) is 142 cm³/mol. The summed E-state index contributed by atoms with van der Waals surface area (Å²) in [5.41, 5.74) is 0.0748. The van der Waals surface area contributed by atoms with E-state index in [9.17, 15) is 0 Å². The number of nitrogens with one attached hydrogen (secondary N) is 2. The van der Waals surface area contributed by atoms with Gasteiger partial charge in [-0.2, -0.15) is 0 Å². The molecule has 1 saturated carbocycles. The van der Waals surface area contributed by atoms with Crippen LogP contribution < -0.4 is 10.6 Å². The highest BCUT2D eigenvalue weighted by Crippen LogP contribution is 2.42. The molecule has 0 radical (unpaired) electrons. The first-order chi connectivity index (χ1) is 15.4. The second kappa shape index (κ2) is 13.8. The van der Waals surface area contributed by atoms with Crippen LogP contribution in [0.5, 0.6) is 0 Å². The number of ether oxygens (including phenoxy) is 2. The van der Waals surface area contributed by atoms with Crippen molar-refractivity contribution in [3.8, 4) is 0 Å². The Morgan fingerprint density at radius 1 is 1.24 bits per heavy atom. The fourth-order valence-corrected chi connectivity index (χ4v) is 4.17. The summed E-state index contributed by atoms with van der Waals surface area (Å²) in [6.45, 7) is 15.8. The van der Waals surface area contributed by atoms with E-state index >= 15 is 0 Å². The molecule has 2 atom stereocenters. The molecule has 2 heterocycles. The fourth-order valence-electron chi connectivity index (χ4n) is 4.17. The Labute approximate surface area is 216 Å². The third-order valence-electron chi connectivity index (χ3n) is 6.91. The van der Waals surface area contributed by atoms with Gasteiger partial charge in [-0.1, -0.05) is 27.2 Å². The number of aliphatic imine (C=N–C) groups is 1. The van der Waals surface area contributed by atoms with Gasteiger partial charge in [0.15, 0.2) is 11.8 Å². The van der Waals surface area contributed by atoms with Crippen LogP contribution in [-0.4, -0.2) is 83.8 Å². The number of guanidine groups is 1. The van der Waals surface area contributed by atoms with Gasteiger partial charge in [-0.05, 0) is 32.7 Å². The quantitative estimate of drug-likeness (QED) is 0.181. The van der Waals surface area contributed by atoms with Gasteiger partial charge in [0.05, 0.1) is 19.3 Å². The molecule has 10 heteroatoms. The number of nitrogens with zero attached hydrogens (tertiary/aromatic N) is 5. The smallest absolute Gasteiger partial charge is 0.191 e. The molecule has 0 amide bonds. The number of aryl methyl sites for hydroxylation is 1. The number of rotatable bonds is 11. The maximum Gasteiger partial charge on any atom is 0.191 e. The fraction of sp³-hybridized carbons (Fsp3) is 0.870. The Kier molecular flexibility index (Phi) is 11.8. The average molecular weight is 578 g/mol. The minimum absolute atomic E-state index is 0. The first kappa shape index (κ1) is 28.3. The van der Waals surface area contributed by atoms with Gasteiger partial charge in [-0.25, -0.2) is 4.99 Å². The lowest BCUT2D eigenvalue weighted by atomic mass is 9.64. The zero-order chi connectivity index (χ0) is 23.0. The van der Waals surface area contributed by atoms with Gasteiger partial charge in [-0.3, -0.25) is 4.90 Å². The number of unbranched alkanes of at least 4 members (excludes halogenated alkanes) is 1. The summed E-state index contributed by atoms with van der Waals surface area (Å²) in [5, 5.41) is 15.6. The minimum atomic E-state index is 0. The Bertz CT molecular complexity index is 734. The second-order valence-electron chi connectivity index (χ2n) is 9.59. The van der Waals surface area contributed by atoms with Gasteiger partial charge in [0.2, 0.25) is 0 Å². The van der Waals surface area contributed by atoms with E-state index in [1.165, 1.54) is 6.42 Å². The molecule has 0 bridgehead atoms. The van der Waals surface area contributed by atoms with E-state index in [1.807, 2.05) is 18.5 Å². The van der Waals surface area contributed by atoms with E-state index in [4.69, 9.17) is 14.5 Å². The van der Waals surface area contributed by atoms with E-state index in [0.29, 0.717) is 18.7 Å². The summed E-state index contributed by atoms with van der Waals surface area (Å²) in [6, 6.07) is 0.334. The van der Waals surface area contributed by atoms with Crippen molar-refractivity contribution < 1.29 is 9.47 Å². The zero-order valence-corrected chi connectivity index (χ0v) is 23.4. The lowest BCUT2D eigenvalue weighted by Gasteiger charge is -2.52. The van der Waals surface area contributed by atoms with Gasteiger partial charge in [-0.15, -0.1) is 34.2 Å². The van der Waals surface area contributed by atoms with E-state index in [-0.39, 0.29) is 29.4 Å². The highest BCUT2D eigenvalue weighted by Gasteiger charge is 2.49. The van der Waals surface area contributed by atoms with Gasteiger partial charge in [0, 0.05) is 44.7 Å². The van der Waals surface area contributed by atoms with Crippen LogP contribution in [0.25, 0.3) is 0 Å². The molecule has 1 aromatic heterocycles. The normalized spacial score (nSPS) is 23.0. The predicted octanol–water partition coefficient (Wildman–Crippen LogP) is 2.48. The summed E-state index contributed by atoms with van der Waals surface area (Å²) in [4.78, 5) is 7.30. The molecule has 0 aromatic carbocycles. The molecule has 2 aliphatic rings. The molecular weight excluding hydrogens is 533 g/mol. The highest BCUT2D eigenvalue weighted by atomic mass is 127. The van der Waals surface area contributed by atoms with Gasteiger partial charge in [0.1, 0.15) is 12.4 Å². The summed E-state index contributed by atoms with van der Waals surface area (Å²) >= 11 is 0. The molecule has 1 saturated heterocycles. The van der Waals surface area contributed by atoms with E-state index in [1.54, 1.807) is 0 Å². The molecule has 2 fully saturated rings. The number of aromatic nitrogens is 3. The van der Waals surface area contributed by atoms with Gasteiger partial charge in [0.25, 0.3) is 0 Å². The molecule has 9 nitrogen and oxygen atoms in total. The summed E-state index contributed by atoms with van der Waals surface area (Å²) in [5.74, 6) is 2.61. The summed E-state index contributed by atoms with van der Waals surface area (Å²) in [7, 11) is 1.98.